The number of rotatable bonds is 5. The zero-order valence-electron chi connectivity index (χ0n) is 19.0. The summed E-state index contributed by atoms with van der Waals surface area (Å²) in [7, 11) is 3.97. The highest BCUT2D eigenvalue weighted by molar-refractivity contribution is 6.23. The molecule has 2 heterocycles. The molecule has 3 aromatic carbocycles. The smallest absolute Gasteiger partial charge is 0.266 e. The molecule has 0 radical (unpaired) electrons. The van der Waals surface area contributed by atoms with E-state index in [1.165, 1.54) is 4.90 Å². The third kappa shape index (κ3) is 3.56. The number of aryl methyl sites for hydroxylation is 1. The summed E-state index contributed by atoms with van der Waals surface area (Å²) in [6.07, 6.45) is 0.0372. The fourth-order valence-electron chi connectivity index (χ4n) is 4.66. The molecule has 0 bridgehead atoms. The highest BCUT2D eigenvalue weighted by atomic mass is 16.7. The summed E-state index contributed by atoms with van der Waals surface area (Å²) in [5.74, 6) is -1.18. The molecule has 2 amide bonds. The Labute approximate surface area is 193 Å². The van der Waals surface area contributed by atoms with Gasteiger partial charge in [0.1, 0.15) is 5.92 Å². The maximum Gasteiger partial charge on any atom is 0.266 e. The molecule has 2 aliphatic heterocycles. The number of fused-ring (bicyclic) bond motifs is 1. The molecule has 0 saturated carbocycles. The average molecular weight is 442 g/mol. The van der Waals surface area contributed by atoms with E-state index in [2.05, 4.69) is 6.92 Å². The second-order valence-corrected chi connectivity index (χ2v) is 8.68. The van der Waals surface area contributed by atoms with E-state index in [-0.39, 0.29) is 11.8 Å². The lowest BCUT2D eigenvalue weighted by atomic mass is 9.90. The molecule has 0 spiro atoms. The van der Waals surface area contributed by atoms with Gasteiger partial charge in [-0.15, -0.1) is 0 Å². The highest BCUT2D eigenvalue weighted by Gasteiger charge is 2.60. The first-order valence-corrected chi connectivity index (χ1v) is 11.2. The summed E-state index contributed by atoms with van der Waals surface area (Å²) in [6, 6.07) is 24.9. The molecule has 2 aliphatic rings. The van der Waals surface area contributed by atoms with Gasteiger partial charge >= 0.3 is 0 Å². The van der Waals surface area contributed by atoms with E-state index in [0.717, 1.165) is 28.9 Å². The Bertz CT molecular complexity index is 1160. The SMILES string of the molecule is CCc1ccc(N2C(=O)[C@@H]3[C@@H](ON(c4ccccc4)[C@H]3c3ccc(N(C)C)cc3)C2=O)cc1. The van der Waals surface area contributed by atoms with Crippen molar-refractivity contribution in [1.29, 1.82) is 0 Å². The standard InChI is InChI=1S/C27H27N3O3/c1-4-18-10-14-21(15-11-18)29-26(31)23-24(19-12-16-20(17-13-19)28(2)3)30(33-25(23)27(29)32)22-8-6-5-7-9-22/h5-17,23-25H,4H2,1-3H3/t23-,24-,25+/m0/s1. The average Bonchev–Trinajstić information content (AvgIpc) is 3.36. The first-order chi connectivity index (χ1) is 16.0. The predicted molar refractivity (Wildman–Crippen MR) is 129 cm³/mol. The van der Waals surface area contributed by atoms with Gasteiger partial charge in [0.15, 0.2) is 6.10 Å². The lowest BCUT2D eigenvalue weighted by Gasteiger charge is -2.29. The van der Waals surface area contributed by atoms with Gasteiger partial charge in [-0.2, -0.15) is 0 Å². The van der Waals surface area contributed by atoms with Crippen LogP contribution >= 0.6 is 0 Å². The molecule has 5 rings (SSSR count). The number of carbonyl (C=O) groups is 2. The van der Waals surface area contributed by atoms with E-state index in [0.29, 0.717) is 5.69 Å². The number of amides is 2. The number of anilines is 3. The van der Waals surface area contributed by atoms with Crippen LogP contribution in [-0.4, -0.2) is 32.0 Å². The Hall–Kier alpha value is -3.64. The van der Waals surface area contributed by atoms with Crippen molar-refractivity contribution >= 4 is 28.9 Å². The number of carbonyl (C=O) groups excluding carboxylic acids is 2. The fourth-order valence-corrected chi connectivity index (χ4v) is 4.66. The second kappa shape index (κ2) is 8.37. The summed E-state index contributed by atoms with van der Waals surface area (Å²) < 4.78 is 0. The van der Waals surface area contributed by atoms with Crippen molar-refractivity contribution in [3.8, 4) is 0 Å². The summed E-state index contributed by atoms with van der Waals surface area (Å²) in [6.45, 7) is 2.07. The van der Waals surface area contributed by atoms with Crippen LogP contribution in [-0.2, 0) is 20.8 Å². The Morgan fingerprint density at radius 2 is 1.48 bits per heavy atom. The Balaban J connectivity index is 1.55. The summed E-state index contributed by atoms with van der Waals surface area (Å²) in [4.78, 5) is 36.6. The van der Waals surface area contributed by atoms with Gasteiger partial charge in [-0.1, -0.05) is 49.4 Å². The largest absolute Gasteiger partial charge is 0.378 e. The van der Waals surface area contributed by atoms with Crippen LogP contribution in [0.5, 0.6) is 0 Å². The van der Waals surface area contributed by atoms with Gasteiger partial charge in [0.05, 0.1) is 17.4 Å². The summed E-state index contributed by atoms with van der Waals surface area (Å²) >= 11 is 0. The van der Waals surface area contributed by atoms with Crippen LogP contribution in [0.4, 0.5) is 17.1 Å². The van der Waals surface area contributed by atoms with Gasteiger partial charge in [0.2, 0.25) is 5.91 Å². The van der Waals surface area contributed by atoms with Crippen molar-refractivity contribution in [1.82, 2.24) is 0 Å². The molecule has 2 fully saturated rings. The van der Waals surface area contributed by atoms with Gasteiger partial charge in [0, 0.05) is 19.8 Å². The molecule has 168 valence electrons. The van der Waals surface area contributed by atoms with Crippen molar-refractivity contribution in [2.45, 2.75) is 25.5 Å². The van der Waals surface area contributed by atoms with Gasteiger partial charge in [0.25, 0.3) is 5.91 Å². The number of hydroxylamine groups is 1. The normalized spacial score (nSPS) is 22.1. The van der Waals surface area contributed by atoms with Gasteiger partial charge in [-0.3, -0.25) is 14.4 Å². The second-order valence-electron chi connectivity index (χ2n) is 8.68. The van der Waals surface area contributed by atoms with Crippen molar-refractivity contribution in [2.75, 3.05) is 29.0 Å². The number of nitrogens with zero attached hydrogens (tertiary/aromatic N) is 3. The zero-order valence-corrected chi connectivity index (χ0v) is 19.0. The lowest BCUT2D eigenvalue weighted by Crippen LogP contribution is -2.37. The van der Waals surface area contributed by atoms with Crippen LogP contribution in [0.3, 0.4) is 0 Å². The molecule has 0 N–H and O–H groups in total. The van der Waals surface area contributed by atoms with Gasteiger partial charge in [-0.05, 0) is 53.9 Å². The van der Waals surface area contributed by atoms with Crippen LogP contribution in [0.25, 0.3) is 0 Å². The minimum absolute atomic E-state index is 0.227. The van der Waals surface area contributed by atoms with E-state index < -0.39 is 18.1 Å². The summed E-state index contributed by atoms with van der Waals surface area (Å²) in [5.41, 5.74) is 4.55. The van der Waals surface area contributed by atoms with Crippen LogP contribution < -0.4 is 14.9 Å². The number of hydrogen-bond acceptors (Lipinski definition) is 5. The number of imide groups is 1. The molecule has 33 heavy (non-hydrogen) atoms. The molecule has 0 unspecified atom stereocenters. The molecule has 0 aromatic heterocycles. The van der Waals surface area contributed by atoms with E-state index in [1.807, 2.05) is 97.9 Å². The van der Waals surface area contributed by atoms with Crippen molar-refractivity contribution in [3.05, 3.63) is 90.0 Å². The maximum atomic E-state index is 13.7. The first-order valence-electron chi connectivity index (χ1n) is 11.2. The third-order valence-electron chi connectivity index (χ3n) is 6.48. The number of para-hydroxylation sites is 1. The minimum atomic E-state index is -0.859. The molecular weight excluding hydrogens is 414 g/mol. The fraction of sp³-hybridized carbons (Fsp3) is 0.259. The van der Waals surface area contributed by atoms with Crippen molar-refractivity contribution in [2.24, 2.45) is 5.92 Å². The molecule has 6 nitrogen and oxygen atoms in total. The first kappa shape index (κ1) is 21.2. The Morgan fingerprint density at radius 1 is 0.818 bits per heavy atom. The van der Waals surface area contributed by atoms with Crippen LogP contribution in [0, 0.1) is 5.92 Å². The molecule has 3 atom stereocenters. The number of benzene rings is 3. The topological polar surface area (TPSA) is 53.1 Å². The van der Waals surface area contributed by atoms with Crippen molar-refractivity contribution < 1.29 is 14.4 Å². The Kier molecular flexibility index (Phi) is 5.38. The maximum absolute atomic E-state index is 13.7. The van der Waals surface area contributed by atoms with E-state index in [9.17, 15) is 9.59 Å². The van der Waals surface area contributed by atoms with Gasteiger partial charge < -0.3 is 4.90 Å². The minimum Gasteiger partial charge on any atom is -0.378 e. The van der Waals surface area contributed by atoms with Gasteiger partial charge in [-0.25, -0.2) is 9.96 Å². The van der Waals surface area contributed by atoms with Crippen LogP contribution in [0.1, 0.15) is 24.1 Å². The predicted octanol–water partition coefficient (Wildman–Crippen LogP) is 4.37. The Morgan fingerprint density at radius 3 is 2.09 bits per heavy atom. The molecular formula is C27H27N3O3. The lowest BCUT2D eigenvalue weighted by molar-refractivity contribution is -0.126. The zero-order chi connectivity index (χ0) is 23.1. The third-order valence-corrected chi connectivity index (χ3v) is 6.48. The van der Waals surface area contributed by atoms with E-state index in [4.69, 9.17) is 4.84 Å². The monoisotopic (exact) mass is 441 g/mol. The van der Waals surface area contributed by atoms with E-state index in [1.54, 1.807) is 5.06 Å². The molecule has 3 aromatic rings. The summed E-state index contributed by atoms with van der Waals surface area (Å²) in [5, 5.41) is 1.73. The van der Waals surface area contributed by atoms with Crippen LogP contribution in [0.15, 0.2) is 78.9 Å². The molecule has 6 heteroatoms. The quantitative estimate of drug-likeness (QED) is 0.551. The highest BCUT2D eigenvalue weighted by Crippen LogP contribution is 2.47. The van der Waals surface area contributed by atoms with E-state index >= 15 is 0 Å². The van der Waals surface area contributed by atoms with Crippen LogP contribution in [0.2, 0.25) is 0 Å². The van der Waals surface area contributed by atoms with Crippen molar-refractivity contribution in [3.63, 3.8) is 0 Å². The molecule has 2 saturated heterocycles. The molecule has 0 aliphatic carbocycles. The number of hydrogen-bond donors (Lipinski definition) is 0.